The first-order valence-corrected chi connectivity index (χ1v) is 11.0. The molecule has 1 aliphatic rings. The monoisotopic (exact) mass is 405 g/mol. The predicted molar refractivity (Wildman–Crippen MR) is 107 cm³/mol. The number of H-pyrrole nitrogens is 1. The fraction of sp³-hybridized carbons (Fsp3) is 0.556. The zero-order valence-corrected chi connectivity index (χ0v) is 17.1. The lowest BCUT2D eigenvalue weighted by Gasteiger charge is -2.17. The van der Waals surface area contributed by atoms with E-state index in [-0.39, 0.29) is 17.3 Å². The van der Waals surface area contributed by atoms with Crippen molar-refractivity contribution in [1.82, 2.24) is 14.8 Å². The minimum atomic E-state index is -0.252. The maximum absolute atomic E-state index is 12.4. The van der Waals surface area contributed by atoms with Crippen LogP contribution in [0.1, 0.15) is 49.1 Å². The number of nitriles is 1. The van der Waals surface area contributed by atoms with Gasteiger partial charge < -0.3 is 5.32 Å². The van der Waals surface area contributed by atoms with Crippen LogP contribution in [0.2, 0.25) is 0 Å². The Balaban J connectivity index is 1.66. The van der Waals surface area contributed by atoms with Gasteiger partial charge in [0, 0.05) is 11.4 Å². The number of hydrogen-bond acceptors (Lipinski definition) is 6. The topological polar surface area (TPSA) is 104 Å². The Morgan fingerprint density at radius 1 is 1.56 bits per heavy atom. The standard InChI is InChI=1S/C18H23N5O2S2/c1-3-4-7-23-17(25)21-22-18(23)26-10-15(24)20-16-13(9-19)12-6-5-11(2)8-14(12)27-16/h11H,3-8,10H2,1-2H3,(H,20,24)(H,21,25)/t11-/m1/s1. The average molecular weight is 406 g/mol. The number of aromatic nitrogens is 3. The zero-order valence-electron chi connectivity index (χ0n) is 15.5. The van der Waals surface area contributed by atoms with E-state index in [9.17, 15) is 14.9 Å². The number of hydrogen-bond donors (Lipinski definition) is 2. The summed E-state index contributed by atoms with van der Waals surface area (Å²) in [5.41, 5.74) is 1.46. The van der Waals surface area contributed by atoms with Crippen molar-refractivity contribution in [3.63, 3.8) is 0 Å². The quantitative estimate of drug-likeness (QED) is 0.689. The molecular formula is C18H23N5O2S2. The van der Waals surface area contributed by atoms with Crippen LogP contribution in [0.4, 0.5) is 5.00 Å². The fourth-order valence-corrected chi connectivity index (χ4v) is 5.33. The van der Waals surface area contributed by atoms with Gasteiger partial charge in [0.15, 0.2) is 5.16 Å². The van der Waals surface area contributed by atoms with Gasteiger partial charge in [-0.3, -0.25) is 9.36 Å². The van der Waals surface area contributed by atoms with Crippen LogP contribution in [-0.4, -0.2) is 26.4 Å². The molecule has 2 aromatic rings. The summed E-state index contributed by atoms with van der Waals surface area (Å²) in [6, 6.07) is 2.26. The first-order valence-electron chi connectivity index (χ1n) is 9.16. The fourth-order valence-electron chi connectivity index (χ4n) is 3.18. The number of rotatable bonds is 7. The largest absolute Gasteiger partial charge is 0.343 e. The summed E-state index contributed by atoms with van der Waals surface area (Å²) in [4.78, 5) is 25.4. The van der Waals surface area contributed by atoms with Crippen molar-refractivity contribution in [2.75, 3.05) is 11.1 Å². The molecule has 0 unspecified atom stereocenters. The first-order chi connectivity index (χ1) is 13.0. The highest BCUT2D eigenvalue weighted by molar-refractivity contribution is 7.99. The van der Waals surface area contributed by atoms with Gasteiger partial charge in [-0.05, 0) is 37.2 Å². The first kappa shape index (κ1) is 19.7. The normalized spacial score (nSPS) is 16.0. The van der Waals surface area contributed by atoms with E-state index in [4.69, 9.17) is 0 Å². The molecule has 0 aromatic carbocycles. The van der Waals surface area contributed by atoms with Gasteiger partial charge in [0.25, 0.3) is 0 Å². The minimum Gasteiger partial charge on any atom is -0.316 e. The van der Waals surface area contributed by atoms with Crippen LogP contribution in [0.25, 0.3) is 0 Å². The molecule has 9 heteroatoms. The molecule has 2 aromatic heterocycles. The lowest BCUT2D eigenvalue weighted by Crippen LogP contribution is -2.19. The number of thioether (sulfide) groups is 1. The highest BCUT2D eigenvalue weighted by Gasteiger charge is 2.24. The lowest BCUT2D eigenvalue weighted by molar-refractivity contribution is -0.113. The second kappa shape index (κ2) is 8.76. The number of carbonyl (C=O) groups excluding carboxylic acids is 1. The minimum absolute atomic E-state index is 0.139. The summed E-state index contributed by atoms with van der Waals surface area (Å²) in [7, 11) is 0. The molecule has 2 N–H and O–H groups in total. The van der Waals surface area contributed by atoms with Crippen molar-refractivity contribution < 1.29 is 4.79 Å². The third-order valence-corrected chi connectivity index (χ3v) is 6.81. The highest BCUT2D eigenvalue weighted by Crippen LogP contribution is 2.39. The van der Waals surface area contributed by atoms with Crippen LogP contribution < -0.4 is 11.0 Å². The molecule has 144 valence electrons. The Bertz CT molecular complexity index is 921. The van der Waals surface area contributed by atoms with E-state index in [1.165, 1.54) is 28.0 Å². The Morgan fingerprint density at radius 2 is 2.37 bits per heavy atom. The molecule has 27 heavy (non-hydrogen) atoms. The molecule has 1 atom stereocenters. The summed E-state index contributed by atoms with van der Waals surface area (Å²) < 4.78 is 1.56. The highest BCUT2D eigenvalue weighted by atomic mass is 32.2. The molecular weight excluding hydrogens is 382 g/mol. The summed E-state index contributed by atoms with van der Waals surface area (Å²) in [6.07, 6.45) is 4.80. The van der Waals surface area contributed by atoms with Crippen molar-refractivity contribution >= 4 is 34.0 Å². The maximum atomic E-state index is 12.4. The zero-order chi connectivity index (χ0) is 19.4. The van der Waals surface area contributed by atoms with E-state index in [1.807, 2.05) is 0 Å². The number of anilines is 1. The molecule has 0 bridgehead atoms. The van der Waals surface area contributed by atoms with Gasteiger partial charge in [0.1, 0.15) is 11.1 Å². The van der Waals surface area contributed by atoms with E-state index < -0.39 is 0 Å². The van der Waals surface area contributed by atoms with E-state index in [0.717, 1.165) is 37.7 Å². The molecule has 0 saturated carbocycles. The summed E-state index contributed by atoms with van der Waals surface area (Å²) >= 11 is 2.74. The van der Waals surface area contributed by atoms with Crippen LogP contribution in [0, 0.1) is 17.2 Å². The molecule has 1 amide bonds. The number of fused-ring (bicyclic) bond motifs is 1. The number of carbonyl (C=O) groups is 1. The van der Waals surface area contributed by atoms with Crippen molar-refractivity contribution in [3.05, 3.63) is 26.5 Å². The van der Waals surface area contributed by atoms with Gasteiger partial charge in [-0.2, -0.15) is 5.26 Å². The number of aromatic amines is 1. The van der Waals surface area contributed by atoms with Crippen molar-refractivity contribution in [3.8, 4) is 6.07 Å². The third kappa shape index (κ3) is 4.45. The molecule has 1 aliphatic carbocycles. The van der Waals surface area contributed by atoms with E-state index in [0.29, 0.717) is 28.2 Å². The van der Waals surface area contributed by atoms with Crippen molar-refractivity contribution in [2.45, 2.75) is 57.7 Å². The molecule has 0 saturated heterocycles. The van der Waals surface area contributed by atoms with Crippen LogP contribution in [0.15, 0.2) is 9.95 Å². The number of thiophene rings is 1. The summed E-state index contributed by atoms with van der Waals surface area (Å²) in [6.45, 7) is 4.86. The predicted octanol–water partition coefficient (Wildman–Crippen LogP) is 3.16. The molecule has 0 radical (unpaired) electrons. The van der Waals surface area contributed by atoms with Crippen LogP contribution in [-0.2, 0) is 24.2 Å². The SMILES string of the molecule is CCCCn1c(SCC(=O)Nc2sc3c(c2C#N)CC[C@@H](C)C3)n[nH]c1=O. The molecule has 2 heterocycles. The third-order valence-electron chi connectivity index (χ3n) is 4.67. The summed E-state index contributed by atoms with van der Waals surface area (Å²) in [5.74, 6) is 0.558. The van der Waals surface area contributed by atoms with Gasteiger partial charge in [-0.1, -0.05) is 32.0 Å². The number of unbranched alkanes of at least 4 members (excludes halogenated alkanes) is 1. The molecule has 7 nitrogen and oxygen atoms in total. The van der Waals surface area contributed by atoms with Gasteiger partial charge in [0.05, 0.1) is 11.3 Å². The Kier molecular flexibility index (Phi) is 6.39. The number of amides is 1. The number of nitrogens with zero attached hydrogens (tertiary/aromatic N) is 3. The Morgan fingerprint density at radius 3 is 3.11 bits per heavy atom. The average Bonchev–Trinajstić information content (AvgIpc) is 3.17. The molecule has 0 aliphatic heterocycles. The second-order valence-electron chi connectivity index (χ2n) is 6.82. The maximum Gasteiger partial charge on any atom is 0.343 e. The van der Waals surface area contributed by atoms with E-state index in [2.05, 4.69) is 35.4 Å². The summed E-state index contributed by atoms with van der Waals surface area (Å²) in [5, 5.41) is 20.0. The van der Waals surface area contributed by atoms with Crippen LogP contribution in [0.5, 0.6) is 0 Å². The lowest BCUT2D eigenvalue weighted by atomic mass is 9.89. The van der Waals surface area contributed by atoms with Gasteiger partial charge >= 0.3 is 5.69 Å². The van der Waals surface area contributed by atoms with E-state index in [1.54, 1.807) is 4.57 Å². The van der Waals surface area contributed by atoms with Crippen molar-refractivity contribution in [1.29, 1.82) is 5.26 Å². The smallest absolute Gasteiger partial charge is 0.316 e. The second-order valence-corrected chi connectivity index (χ2v) is 8.87. The Hall–Kier alpha value is -2.05. The van der Waals surface area contributed by atoms with Gasteiger partial charge in [-0.25, -0.2) is 9.89 Å². The van der Waals surface area contributed by atoms with Crippen LogP contribution in [0.3, 0.4) is 0 Å². The van der Waals surface area contributed by atoms with Crippen molar-refractivity contribution in [2.24, 2.45) is 5.92 Å². The van der Waals surface area contributed by atoms with Gasteiger partial charge in [0.2, 0.25) is 5.91 Å². The number of nitrogens with one attached hydrogen (secondary N) is 2. The van der Waals surface area contributed by atoms with E-state index >= 15 is 0 Å². The van der Waals surface area contributed by atoms with Crippen LogP contribution >= 0.6 is 23.1 Å². The van der Waals surface area contributed by atoms with Gasteiger partial charge in [-0.15, -0.1) is 16.4 Å². The molecule has 0 fully saturated rings. The molecule has 0 spiro atoms. The Labute approximate surface area is 166 Å². The molecule has 3 rings (SSSR count).